The second kappa shape index (κ2) is 13.2. The fourth-order valence-corrected chi connectivity index (χ4v) is 3.05. The predicted molar refractivity (Wildman–Crippen MR) is 99.8 cm³/mol. The van der Waals surface area contributed by atoms with Gasteiger partial charge in [-0.05, 0) is 0 Å². The minimum Gasteiger partial charge on any atom is -0.394 e. The lowest BCUT2D eigenvalue weighted by Crippen LogP contribution is -2.62. The number of carbonyl (C=O) groups excluding carboxylic acids is 1. The fraction of sp³-hybridized carbons (Fsp3) is 0.941. The lowest BCUT2D eigenvalue weighted by molar-refractivity contribution is -0.383. The molecule has 2 saturated heterocycles. The van der Waals surface area contributed by atoms with Crippen molar-refractivity contribution < 1.29 is 80.3 Å². The van der Waals surface area contributed by atoms with Crippen molar-refractivity contribution >= 4 is 6.29 Å². The van der Waals surface area contributed by atoms with Crippen LogP contribution in [0.15, 0.2) is 0 Å². The highest BCUT2D eigenvalue weighted by Gasteiger charge is 2.58. The molecule has 12 N–H and O–H groups in total. The van der Waals surface area contributed by atoms with Gasteiger partial charge < -0.3 is 80.3 Å². The summed E-state index contributed by atoms with van der Waals surface area (Å²) in [5, 5.41) is 111. The van der Waals surface area contributed by atoms with Crippen LogP contribution in [0.4, 0.5) is 0 Å². The number of carbonyl (C=O) groups is 1. The van der Waals surface area contributed by atoms with Crippen LogP contribution >= 0.6 is 0 Å². The van der Waals surface area contributed by atoms with E-state index in [1.807, 2.05) is 0 Å². The SMILES string of the molecule is O=C[C@H](O)[C@H](O)[C@H](O)CO.OC[C@H]1O[C@@](CO)(O[C@H]2O[C@H](CO)[C@@H](O)[C@H](O)[C@H]2O)[C@@H](O)[C@@H]1O. The Hall–Kier alpha value is -0.930. The summed E-state index contributed by atoms with van der Waals surface area (Å²) in [5.74, 6) is -2.22. The van der Waals surface area contributed by atoms with Crippen molar-refractivity contribution in [2.24, 2.45) is 0 Å². The lowest BCUT2D eigenvalue weighted by atomic mass is 9.99. The molecular formula is C17H32O16. The van der Waals surface area contributed by atoms with E-state index in [-0.39, 0.29) is 6.29 Å². The monoisotopic (exact) mass is 492 g/mol. The Morgan fingerprint density at radius 3 is 1.85 bits per heavy atom. The molecule has 2 fully saturated rings. The van der Waals surface area contributed by atoms with Gasteiger partial charge in [0.05, 0.1) is 19.8 Å². The van der Waals surface area contributed by atoms with Crippen molar-refractivity contribution in [2.45, 2.75) is 73.1 Å². The molecular weight excluding hydrogens is 460 g/mol. The van der Waals surface area contributed by atoms with Crippen LogP contribution in [0.25, 0.3) is 0 Å². The van der Waals surface area contributed by atoms with E-state index in [2.05, 4.69) is 0 Å². The maximum Gasteiger partial charge on any atom is 0.224 e. The van der Waals surface area contributed by atoms with Crippen molar-refractivity contribution in [3.63, 3.8) is 0 Å². The van der Waals surface area contributed by atoms with E-state index < -0.39 is 99.5 Å². The first-order chi connectivity index (χ1) is 15.4. The van der Waals surface area contributed by atoms with Crippen molar-refractivity contribution in [3.05, 3.63) is 0 Å². The zero-order valence-corrected chi connectivity index (χ0v) is 17.3. The van der Waals surface area contributed by atoms with Crippen LogP contribution in [-0.2, 0) is 19.0 Å². The smallest absolute Gasteiger partial charge is 0.224 e. The zero-order valence-electron chi connectivity index (χ0n) is 17.3. The first-order valence-electron chi connectivity index (χ1n) is 9.78. The molecule has 16 nitrogen and oxygen atoms in total. The van der Waals surface area contributed by atoms with Gasteiger partial charge in [0, 0.05) is 0 Å². The molecule has 0 amide bonds. The molecule has 2 rings (SSSR count). The largest absolute Gasteiger partial charge is 0.394 e. The molecule has 0 aromatic rings. The van der Waals surface area contributed by atoms with E-state index in [4.69, 9.17) is 44.8 Å². The molecule has 16 heteroatoms. The molecule has 0 saturated carbocycles. The summed E-state index contributed by atoms with van der Waals surface area (Å²) in [5.41, 5.74) is 0. The summed E-state index contributed by atoms with van der Waals surface area (Å²) in [6, 6.07) is 0. The minimum atomic E-state index is -2.22. The van der Waals surface area contributed by atoms with Crippen molar-refractivity contribution in [2.75, 3.05) is 26.4 Å². The molecule has 196 valence electrons. The number of hydrogen-bond donors (Lipinski definition) is 12. The van der Waals surface area contributed by atoms with Gasteiger partial charge in [-0.2, -0.15) is 0 Å². The average Bonchev–Trinajstić information content (AvgIpc) is 3.08. The first kappa shape index (κ1) is 30.1. The normalized spacial score (nSPS) is 41.6. The third-order valence-corrected chi connectivity index (χ3v) is 5.14. The van der Waals surface area contributed by atoms with Crippen molar-refractivity contribution in [1.82, 2.24) is 0 Å². The Morgan fingerprint density at radius 2 is 1.42 bits per heavy atom. The van der Waals surface area contributed by atoms with Gasteiger partial charge in [-0.1, -0.05) is 0 Å². The van der Waals surface area contributed by atoms with Gasteiger partial charge >= 0.3 is 0 Å². The van der Waals surface area contributed by atoms with Crippen LogP contribution < -0.4 is 0 Å². The highest BCUT2D eigenvalue weighted by Crippen LogP contribution is 2.35. The predicted octanol–water partition coefficient (Wildman–Crippen LogP) is -8.14. The molecule has 33 heavy (non-hydrogen) atoms. The Kier molecular flexibility index (Phi) is 12.1. The standard InChI is InChI=1S/C12H22O11.C5H10O5/c13-1-4-6(16)8(18)9(19)11(21-4)23-12(3-15)10(20)7(17)5(2-14)22-12;6-1-3(8)5(10)4(9)2-7/h4-11,13-20H,1-3H2;1,3-5,7-10H,2H2/t4-,5-,6-,7-,8+,9-,10+,11-,12+;3-,4+,5-/m10/s1. The molecule has 0 spiro atoms. The van der Waals surface area contributed by atoms with Gasteiger partial charge in [-0.15, -0.1) is 0 Å². The Bertz CT molecular complexity index is 579. The maximum absolute atomic E-state index is 10.00. The van der Waals surface area contributed by atoms with Crippen LogP contribution in [0.3, 0.4) is 0 Å². The average molecular weight is 492 g/mol. The Morgan fingerprint density at radius 1 is 0.848 bits per heavy atom. The van der Waals surface area contributed by atoms with Crippen LogP contribution in [0, 0.1) is 0 Å². The summed E-state index contributed by atoms with van der Waals surface area (Å²) < 4.78 is 15.4. The number of aldehydes is 1. The van der Waals surface area contributed by atoms with Gasteiger partial charge in [0.2, 0.25) is 5.79 Å². The molecule has 2 aliphatic heterocycles. The molecule has 0 aromatic carbocycles. The highest BCUT2D eigenvalue weighted by atomic mass is 16.8. The number of hydrogen-bond acceptors (Lipinski definition) is 16. The molecule has 0 unspecified atom stereocenters. The number of aliphatic hydroxyl groups excluding tert-OH is 12. The Labute approximate surface area is 187 Å². The second-order valence-corrected chi connectivity index (χ2v) is 7.43. The van der Waals surface area contributed by atoms with Gasteiger partial charge in [0.25, 0.3) is 0 Å². The van der Waals surface area contributed by atoms with Crippen LogP contribution in [0.2, 0.25) is 0 Å². The Balaban J connectivity index is 0.000000461. The van der Waals surface area contributed by atoms with E-state index >= 15 is 0 Å². The topological polar surface area (TPSA) is 288 Å². The molecule has 0 aromatic heterocycles. The summed E-state index contributed by atoms with van der Waals surface area (Å²) in [6.45, 7) is -3.01. The van der Waals surface area contributed by atoms with Crippen molar-refractivity contribution in [1.29, 1.82) is 0 Å². The van der Waals surface area contributed by atoms with Gasteiger partial charge in [-0.3, -0.25) is 0 Å². The number of aliphatic hydroxyl groups is 12. The van der Waals surface area contributed by atoms with E-state index in [0.717, 1.165) is 0 Å². The molecule has 0 radical (unpaired) electrons. The molecule has 0 bridgehead atoms. The number of ether oxygens (including phenoxy) is 3. The summed E-state index contributed by atoms with van der Waals surface area (Å²) in [6.07, 6.45) is -17.3. The fourth-order valence-electron chi connectivity index (χ4n) is 3.05. The van der Waals surface area contributed by atoms with Crippen LogP contribution in [0.1, 0.15) is 0 Å². The zero-order chi connectivity index (χ0) is 25.5. The summed E-state index contributed by atoms with van der Waals surface area (Å²) >= 11 is 0. The van der Waals surface area contributed by atoms with Crippen LogP contribution in [0.5, 0.6) is 0 Å². The second-order valence-electron chi connectivity index (χ2n) is 7.43. The van der Waals surface area contributed by atoms with E-state index in [0.29, 0.717) is 0 Å². The summed E-state index contributed by atoms with van der Waals surface area (Å²) in [7, 11) is 0. The minimum absolute atomic E-state index is 0.0869. The van der Waals surface area contributed by atoms with E-state index in [9.17, 15) is 35.4 Å². The van der Waals surface area contributed by atoms with E-state index in [1.165, 1.54) is 0 Å². The first-order valence-corrected chi connectivity index (χ1v) is 9.78. The third-order valence-electron chi connectivity index (χ3n) is 5.14. The van der Waals surface area contributed by atoms with Gasteiger partial charge in [-0.25, -0.2) is 0 Å². The van der Waals surface area contributed by atoms with E-state index in [1.54, 1.807) is 0 Å². The lowest BCUT2D eigenvalue weighted by Gasteiger charge is -2.43. The maximum atomic E-state index is 10.00. The molecule has 2 heterocycles. The van der Waals surface area contributed by atoms with Crippen molar-refractivity contribution in [3.8, 4) is 0 Å². The summed E-state index contributed by atoms with van der Waals surface area (Å²) in [4.78, 5) is 9.76. The quantitative estimate of drug-likeness (QED) is 0.133. The number of rotatable bonds is 9. The van der Waals surface area contributed by atoms with Gasteiger partial charge in [0.1, 0.15) is 67.6 Å². The molecule has 0 aliphatic carbocycles. The highest BCUT2D eigenvalue weighted by molar-refractivity contribution is 5.56. The van der Waals surface area contributed by atoms with Crippen LogP contribution in [-0.4, -0.2) is 167 Å². The van der Waals surface area contributed by atoms with Gasteiger partial charge in [0.15, 0.2) is 12.6 Å². The third kappa shape index (κ3) is 6.82. The molecule has 2 aliphatic rings. The molecule has 12 atom stereocenters.